The second-order valence-electron chi connectivity index (χ2n) is 3.06. The third kappa shape index (κ3) is 3.27. The molecule has 1 rings (SSSR count). The second-order valence-corrected chi connectivity index (χ2v) is 3.81. The molecule has 0 atom stereocenters. The number of nitrogens with zero attached hydrogens (tertiary/aromatic N) is 2. The average molecular weight is 243 g/mol. The predicted octanol–water partition coefficient (Wildman–Crippen LogP) is 0.393. The van der Waals surface area contributed by atoms with Crippen molar-refractivity contribution in [2.45, 2.75) is 19.8 Å². The smallest absolute Gasteiger partial charge is 0.325 e. The molecule has 1 amide bonds. The Balaban J connectivity index is 2.58. The molecule has 1 aromatic heterocycles. The molecule has 6 nitrogen and oxygen atoms in total. The third-order valence-corrected chi connectivity index (χ3v) is 2.64. The average Bonchev–Trinajstić information content (AvgIpc) is 2.74. The molecule has 7 heteroatoms. The molecule has 0 saturated heterocycles. The van der Waals surface area contributed by atoms with E-state index in [0.29, 0.717) is 17.0 Å². The van der Waals surface area contributed by atoms with E-state index in [1.807, 2.05) is 6.92 Å². The van der Waals surface area contributed by atoms with E-state index in [-0.39, 0.29) is 12.5 Å². The summed E-state index contributed by atoms with van der Waals surface area (Å²) in [7, 11) is 1.27. The molecule has 0 fully saturated rings. The van der Waals surface area contributed by atoms with E-state index in [1.54, 1.807) is 0 Å². The van der Waals surface area contributed by atoms with Gasteiger partial charge in [0.25, 0.3) is 5.91 Å². The van der Waals surface area contributed by atoms with Gasteiger partial charge in [-0.05, 0) is 18.0 Å². The highest BCUT2D eigenvalue weighted by Crippen LogP contribution is 2.11. The van der Waals surface area contributed by atoms with Crippen LogP contribution in [-0.2, 0) is 16.0 Å². The molecule has 0 radical (unpaired) electrons. The van der Waals surface area contributed by atoms with Crippen LogP contribution < -0.4 is 5.32 Å². The number of ether oxygens (including phenoxy) is 1. The van der Waals surface area contributed by atoms with Crippen molar-refractivity contribution in [2.24, 2.45) is 0 Å². The molecule has 1 heterocycles. The first-order chi connectivity index (χ1) is 7.69. The molecular weight excluding hydrogens is 230 g/mol. The van der Waals surface area contributed by atoms with Crippen LogP contribution in [0.3, 0.4) is 0 Å². The van der Waals surface area contributed by atoms with E-state index in [4.69, 9.17) is 0 Å². The summed E-state index contributed by atoms with van der Waals surface area (Å²) >= 11 is 1.03. The maximum absolute atomic E-state index is 11.6. The van der Waals surface area contributed by atoms with Gasteiger partial charge < -0.3 is 10.1 Å². The normalized spacial score (nSPS) is 9.88. The zero-order valence-electron chi connectivity index (χ0n) is 9.15. The molecule has 0 aliphatic rings. The molecule has 0 aliphatic carbocycles. The lowest BCUT2D eigenvalue weighted by atomic mass is 10.2. The van der Waals surface area contributed by atoms with Crippen molar-refractivity contribution in [1.82, 2.24) is 14.9 Å². The minimum absolute atomic E-state index is 0.140. The maximum Gasteiger partial charge on any atom is 0.325 e. The number of amides is 1. The lowest BCUT2D eigenvalue weighted by Gasteiger charge is -2.02. The molecule has 1 aromatic rings. The highest BCUT2D eigenvalue weighted by molar-refractivity contribution is 7.08. The van der Waals surface area contributed by atoms with Crippen molar-refractivity contribution >= 4 is 23.4 Å². The van der Waals surface area contributed by atoms with Crippen molar-refractivity contribution in [3.8, 4) is 0 Å². The molecule has 0 spiro atoms. The number of hydrogen-bond acceptors (Lipinski definition) is 6. The molecular formula is C9H13N3O3S. The highest BCUT2D eigenvalue weighted by atomic mass is 32.1. The van der Waals surface area contributed by atoms with Crippen molar-refractivity contribution in [2.75, 3.05) is 13.7 Å². The molecule has 16 heavy (non-hydrogen) atoms. The zero-order chi connectivity index (χ0) is 12.0. The Labute approximate surface area is 97.2 Å². The van der Waals surface area contributed by atoms with Gasteiger partial charge in [0.2, 0.25) is 0 Å². The summed E-state index contributed by atoms with van der Waals surface area (Å²) < 4.78 is 8.14. The zero-order valence-corrected chi connectivity index (χ0v) is 9.97. The quantitative estimate of drug-likeness (QED) is 0.757. The Morgan fingerprint density at radius 3 is 2.88 bits per heavy atom. The van der Waals surface area contributed by atoms with Crippen LogP contribution in [0.2, 0.25) is 0 Å². The SMILES string of the molecule is CCCc1nnsc1C(=O)NCC(=O)OC. The van der Waals surface area contributed by atoms with Gasteiger partial charge in [0.15, 0.2) is 0 Å². The fourth-order valence-corrected chi connectivity index (χ4v) is 1.71. The largest absolute Gasteiger partial charge is 0.468 e. The van der Waals surface area contributed by atoms with E-state index in [0.717, 1.165) is 18.0 Å². The molecule has 1 N–H and O–H groups in total. The number of carbonyl (C=O) groups excluding carboxylic acids is 2. The minimum atomic E-state index is -0.483. The van der Waals surface area contributed by atoms with Crippen LogP contribution in [0.15, 0.2) is 0 Å². The lowest BCUT2D eigenvalue weighted by Crippen LogP contribution is -2.30. The summed E-state index contributed by atoms with van der Waals surface area (Å²) in [4.78, 5) is 22.9. The maximum atomic E-state index is 11.6. The number of rotatable bonds is 5. The number of methoxy groups -OCH3 is 1. The molecule has 0 aliphatic heterocycles. The topological polar surface area (TPSA) is 81.2 Å². The Morgan fingerprint density at radius 1 is 1.50 bits per heavy atom. The summed E-state index contributed by atoms with van der Waals surface area (Å²) in [5, 5.41) is 6.32. The van der Waals surface area contributed by atoms with Crippen LogP contribution in [-0.4, -0.2) is 35.1 Å². The van der Waals surface area contributed by atoms with E-state index >= 15 is 0 Å². The van der Waals surface area contributed by atoms with Crippen LogP contribution in [0.1, 0.15) is 28.7 Å². The molecule has 88 valence electrons. The summed E-state index contributed by atoms with van der Waals surface area (Å²) in [6.45, 7) is 1.86. The molecule has 0 aromatic carbocycles. The van der Waals surface area contributed by atoms with Gasteiger partial charge in [0.05, 0.1) is 12.8 Å². The van der Waals surface area contributed by atoms with Gasteiger partial charge >= 0.3 is 5.97 Å². The third-order valence-electron chi connectivity index (χ3n) is 1.87. The van der Waals surface area contributed by atoms with E-state index in [1.165, 1.54) is 7.11 Å². The first kappa shape index (κ1) is 12.6. The Kier molecular flexibility index (Phi) is 4.84. The first-order valence-electron chi connectivity index (χ1n) is 4.85. The van der Waals surface area contributed by atoms with Crippen LogP contribution >= 0.6 is 11.5 Å². The van der Waals surface area contributed by atoms with Gasteiger partial charge in [-0.25, -0.2) is 0 Å². The number of aromatic nitrogens is 2. The number of carbonyl (C=O) groups is 2. The van der Waals surface area contributed by atoms with Crippen LogP contribution in [0.25, 0.3) is 0 Å². The van der Waals surface area contributed by atoms with E-state index < -0.39 is 5.97 Å². The Hall–Kier alpha value is -1.50. The van der Waals surface area contributed by atoms with Gasteiger partial charge in [0.1, 0.15) is 11.4 Å². The minimum Gasteiger partial charge on any atom is -0.468 e. The Morgan fingerprint density at radius 2 is 2.25 bits per heavy atom. The standard InChI is InChI=1S/C9H13N3O3S/c1-3-4-6-8(16-12-11-6)9(14)10-5-7(13)15-2/h3-5H2,1-2H3,(H,10,14). The number of hydrogen-bond donors (Lipinski definition) is 1. The summed E-state index contributed by atoms with van der Waals surface area (Å²) in [5.74, 6) is -0.813. The second kappa shape index (κ2) is 6.16. The molecule has 0 unspecified atom stereocenters. The van der Waals surface area contributed by atoms with Gasteiger partial charge in [-0.3, -0.25) is 9.59 Å². The van der Waals surface area contributed by atoms with Crippen molar-refractivity contribution in [3.63, 3.8) is 0 Å². The lowest BCUT2D eigenvalue weighted by molar-refractivity contribution is -0.139. The molecule has 0 saturated carbocycles. The number of nitrogens with one attached hydrogen (secondary N) is 1. The number of aryl methyl sites for hydroxylation is 1. The predicted molar refractivity (Wildman–Crippen MR) is 58.3 cm³/mol. The van der Waals surface area contributed by atoms with E-state index in [9.17, 15) is 9.59 Å². The van der Waals surface area contributed by atoms with Crippen LogP contribution in [0.5, 0.6) is 0 Å². The van der Waals surface area contributed by atoms with Gasteiger partial charge in [-0.2, -0.15) is 0 Å². The van der Waals surface area contributed by atoms with Crippen LogP contribution in [0.4, 0.5) is 0 Å². The Bertz CT molecular complexity index is 378. The van der Waals surface area contributed by atoms with Crippen molar-refractivity contribution in [1.29, 1.82) is 0 Å². The van der Waals surface area contributed by atoms with Gasteiger partial charge in [-0.1, -0.05) is 17.8 Å². The fourth-order valence-electron chi connectivity index (χ4n) is 1.09. The number of esters is 1. The van der Waals surface area contributed by atoms with Crippen molar-refractivity contribution < 1.29 is 14.3 Å². The monoisotopic (exact) mass is 243 g/mol. The fraction of sp³-hybridized carbons (Fsp3) is 0.556. The summed E-state index contributed by atoms with van der Waals surface area (Å²) in [6, 6.07) is 0. The van der Waals surface area contributed by atoms with Gasteiger partial charge in [0, 0.05) is 0 Å². The summed E-state index contributed by atoms with van der Waals surface area (Å²) in [5.41, 5.74) is 0.676. The molecule has 0 bridgehead atoms. The van der Waals surface area contributed by atoms with E-state index in [2.05, 4.69) is 19.6 Å². The van der Waals surface area contributed by atoms with Crippen LogP contribution in [0, 0.1) is 0 Å². The summed E-state index contributed by atoms with van der Waals surface area (Å²) in [6.07, 6.45) is 1.60. The van der Waals surface area contributed by atoms with Gasteiger partial charge in [-0.15, -0.1) is 5.10 Å². The van der Waals surface area contributed by atoms with Crippen molar-refractivity contribution in [3.05, 3.63) is 10.6 Å². The highest BCUT2D eigenvalue weighted by Gasteiger charge is 2.16. The first-order valence-corrected chi connectivity index (χ1v) is 5.62.